The van der Waals surface area contributed by atoms with E-state index in [1.165, 1.54) is 0 Å². The van der Waals surface area contributed by atoms with Crippen LogP contribution in [0, 0.1) is 0 Å². The van der Waals surface area contributed by atoms with Crippen LogP contribution in [0.4, 0.5) is 5.69 Å². The highest BCUT2D eigenvalue weighted by atomic mass is 35.5. The molecule has 0 saturated carbocycles. The van der Waals surface area contributed by atoms with E-state index in [9.17, 15) is 0 Å². The quantitative estimate of drug-likeness (QED) is 0.557. The second kappa shape index (κ2) is 6.67. The summed E-state index contributed by atoms with van der Waals surface area (Å²) in [6.07, 6.45) is 1.73. The third kappa shape index (κ3) is 3.27. The number of benzene rings is 2. The lowest BCUT2D eigenvalue weighted by Gasteiger charge is -2.09. The maximum absolute atomic E-state index is 6.01. The van der Waals surface area contributed by atoms with Crippen molar-refractivity contribution in [3.8, 4) is 5.75 Å². The third-order valence-electron chi connectivity index (χ3n) is 3.55. The zero-order valence-corrected chi connectivity index (χ0v) is 13.6. The summed E-state index contributed by atoms with van der Waals surface area (Å²) < 4.78 is 5.37. The third-order valence-corrected chi connectivity index (χ3v) is 3.78. The normalized spacial score (nSPS) is 11.5. The van der Waals surface area contributed by atoms with Gasteiger partial charge in [-0.1, -0.05) is 23.7 Å². The topological polar surface area (TPSA) is 46.5 Å². The van der Waals surface area contributed by atoms with Crippen LogP contribution in [0.1, 0.15) is 12.5 Å². The van der Waals surface area contributed by atoms with Gasteiger partial charge in [0.15, 0.2) is 0 Å². The Hall–Kier alpha value is -2.59. The van der Waals surface area contributed by atoms with Crippen LogP contribution in [0.2, 0.25) is 5.02 Å². The number of hydrazone groups is 1. The van der Waals surface area contributed by atoms with E-state index in [-0.39, 0.29) is 0 Å². The molecule has 23 heavy (non-hydrogen) atoms. The minimum Gasteiger partial charge on any atom is -0.496 e. The van der Waals surface area contributed by atoms with Crippen molar-refractivity contribution >= 4 is 33.9 Å². The van der Waals surface area contributed by atoms with Crippen LogP contribution in [-0.4, -0.2) is 17.8 Å². The van der Waals surface area contributed by atoms with Crippen LogP contribution >= 0.6 is 11.6 Å². The van der Waals surface area contributed by atoms with Crippen LogP contribution in [0.5, 0.6) is 5.75 Å². The molecule has 1 aromatic heterocycles. The van der Waals surface area contributed by atoms with Crippen molar-refractivity contribution < 1.29 is 4.74 Å². The molecule has 1 N–H and O–H groups in total. The van der Waals surface area contributed by atoms with Crippen LogP contribution < -0.4 is 10.2 Å². The van der Waals surface area contributed by atoms with Crippen molar-refractivity contribution in [2.75, 3.05) is 12.5 Å². The molecule has 0 atom stereocenters. The first-order valence-electron chi connectivity index (χ1n) is 7.17. The molecule has 116 valence electrons. The summed E-state index contributed by atoms with van der Waals surface area (Å²) in [5, 5.41) is 6.10. The number of aromatic nitrogens is 1. The molecule has 2 aromatic carbocycles. The van der Waals surface area contributed by atoms with E-state index in [4.69, 9.17) is 16.3 Å². The fourth-order valence-electron chi connectivity index (χ4n) is 2.37. The molecule has 0 bridgehead atoms. The predicted octanol–water partition coefficient (Wildman–Crippen LogP) is 4.73. The van der Waals surface area contributed by atoms with Crippen molar-refractivity contribution in [1.29, 1.82) is 0 Å². The summed E-state index contributed by atoms with van der Waals surface area (Å²) in [5.74, 6) is 0.793. The number of para-hydroxylation sites is 1. The average molecular weight is 326 g/mol. The van der Waals surface area contributed by atoms with Crippen molar-refractivity contribution in [3.63, 3.8) is 0 Å². The van der Waals surface area contributed by atoms with Crippen LogP contribution in [0.3, 0.4) is 0 Å². The summed E-state index contributed by atoms with van der Waals surface area (Å²) in [6.45, 7) is 1.94. The van der Waals surface area contributed by atoms with Gasteiger partial charge < -0.3 is 4.74 Å². The molecule has 0 unspecified atom stereocenters. The first kappa shape index (κ1) is 15.3. The van der Waals surface area contributed by atoms with E-state index < -0.39 is 0 Å². The monoisotopic (exact) mass is 325 g/mol. The van der Waals surface area contributed by atoms with E-state index in [1.807, 2.05) is 55.5 Å². The Balaban J connectivity index is 1.93. The van der Waals surface area contributed by atoms with E-state index in [0.717, 1.165) is 33.6 Å². The Labute approximate surface area is 139 Å². The zero-order valence-electron chi connectivity index (χ0n) is 12.9. The van der Waals surface area contributed by atoms with Crippen LogP contribution in [-0.2, 0) is 0 Å². The van der Waals surface area contributed by atoms with Gasteiger partial charge in [0.2, 0.25) is 0 Å². The molecule has 0 amide bonds. The van der Waals surface area contributed by atoms with E-state index in [1.54, 1.807) is 13.3 Å². The Kier molecular flexibility index (Phi) is 4.44. The summed E-state index contributed by atoms with van der Waals surface area (Å²) in [5.41, 5.74) is 6.59. The summed E-state index contributed by atoms with van der Waals surface area (Å²) in [6, 6.07) is 15.3. The van der Waals surface area contributed by atoms with Crippen molar-refractivity contribution in [1.82, 2.24) is 4.98 Å². The molecule has 3 rings (SSSR count). The van der Waals surface area contributed by atoms with E-state index in [2.05, 4.69) is 15.5 Å². The van der Waals surface area contributed by atoms with E-state index >= 15 is 0 Å². The number of fused-ring (bicyclic) bond motifs is 1. The van der Waals surface area contributed by atoms with Gasteiger partial charge in [-0.25, -0.2) is 0 Å². The highest BCUT2D eigenvalue weighted by molar-refractivity contribution is 6.31. The predicted molar refractivity (Wildman–Crippen MR) is 95.6 cm³/mol. The molecule has 0 aliphatic carbocycles. The maximum atomic E-state index is 6.01. The summed E-state index contributed by atoms with van der Waals surface area (Å²) in [7, 11) is 1.65. The van der Waals surface area contributed by atoms with Gasteiger partial charge in [-0.3, -0.25) is 10.4 Å². The highest BCUT2D eigenvalue weighted by Crippen LogP contribution is 2.25. The smallest absolute Gasteiger partial charge is 0.127 e. The van der Waals surface area contributed by atoms with Crippen LogP contribution in [0.25, 0.3) is 10.9 Å². The SMILES string of the molecule is COc1ccccc1/C(C)=N/Nc1ccnc2cc(Cl)ccc12. The lowest BCUT2D eigenvalue weighted by Crippen LogP contribution is -2.02. The molecule has 5 heteroatoms. The highest BCUT2D eigenvalue weighted by Gasteiger charge is 2.06. The number of nitrogens with one attached hydrogen (secondary N) is 1. The number of methoxy groups -OCH3 is 1. The van der Waals surface area contributed by atoms with Gasteiger partial charge in [0.05, 0.1) is 24.0 Å². The molecule has 0 spiro atoms. The number of pyridine rings is 1. The lowest BCUT2D eigenvalue weighted by atomic mass is 10.1. The fraction of sp³-hybridized carbons (Fsp3) is 0.111. The molecule has 1 heterocycles. The standard InChI is InChI=1S/C18H16ClN3O/c1-12(14-5-3-4-6-18(14)23-2)21-22-16-9-10-20-17-11-13(19)7-8-15(16)17/h3-11H,1-2H3,(H,20,22)/b21-12+. The summed E-state index contributed by atoms with van der Waals surface area (Å²) >= 11 is 6.01. The molecule has 0 saturated heterocycles. The van der Waals surface area contributed by atoms with Gasteiger partial charge in [-0.2, -0.15) is 5.10 Å². The minimum atomic E-state index is 0.663. The Morgan fingerprint density at radius 1 is 1.17 bits per heavy atom. The molecule has 0 radical (unpaired) electrons. The molecule has 0 aliphatic rings. The molecule has 0 fully saturated rings. The van der Waals surface area contributed by atoms with Gasteiger partial charge in [0, 0.05) is 22.2 Å². The number of hydrogen-bond acceptors (Lipinski definition) is 4. The van der Waals surface area contributed by atoms with Crippen molar-refractivity contribution in [3.05, 3.63) is 65.3 Å². The van der Waals surface area contributed by atoms with Crippen molar-refractivity contribution in [2.24, 2.45) is 5.10 Å². The second-order valence-corrected chi connectivity index (χ2v) is 5.47. The number of rotatable bonds is 4. The number of hydrogen-bond donors (Lipinski definition) is 1. The first-order chi connectivity index (χ1) is 11.2. The van der Waals surface area contributed by atoms with Crippen molar-refractivity contribution in [2.45, 2.75) is 6.92 Å². The summed E-state index contributed by atoms with van der Waals surface area (Å²) in [4.78, 5) is 4.32. The average Bonchev–Trinajstić information content (AvgIpc) is 2.59. The largest absolute Gasteiger partial charge is 0.496 e. The zero-order chi connectivity index (χ0) is 16.2. The molecular weight excluding hydrogens is 310 g/mol. The molecule has 3 aromatic rings. The van der Waals surface area contributed by atoms with Gasteiger partial charge in [-0.05, 0) is 43.3 Å². The maximum Gasteiger partial charge on any atom is 0.127 e. The van der Waals surface area contributed by atoms with Gasteiger partial charge in [0.1, 0.15) is 5.75 Å². The number of halogens is 1. The molecular formula is C18H16ClN3O. The van der Waals surface area contributed by atoms with Crippen LogP contribution in [0.15, 0.2) is 59.8 Å². The Bertz CT molecular complexity index is 877. The second-order valence-electron chi connectivity index (χ2n) is 5.03. The lowest BCUT2D eigenvalue weighted by molar-refractivity contribution is 0.414. The van der Waals surface area contributed by atoms with E-state index in [0.29, 0.717) is 5.02 Å². The van der Waals surface area contributed by atoms with Gasteiger partial charge >= 0.3 is 0 Å². The van der Waals surface area contributed by atoms with Gasteiger partial charge in [0.25, 0.3) is 0 Å². The minimum absolute atomic E-state index is 0.663. The Morgan fingerprint density at radius 2 is 2.00 bits per heavy atom. The fourth-order valence-corrected chi connectivity index (χ4v) is 2.53. The molecule has 0 aliphatic heterocycles. The number of anilines is 1. The number of nitrogens with zero attached hydrogens (tertiary/aromatic N) is 2. The Morgan fingerprint density at radius 3 is 2.83 bits per heavy atom. The first-order valence-corrected chi connectivity index (χ1v) is 7.55. The molecule has 4 nitrogen and oxygen atoms in total. The van der Waals surface area contributed by atoms with Gasteiger partial charge in [-0.15, -0.1) is 0 Å². The number of ether oxygens (including phenoxy) is 1.